The highest BCUT2D eigenvalue weighted by Crippen LogP contribution is 2.23. The zero-order chi connectivity index (χ0) is 21.9. The topological polar surface area (TPSA) is 127 Å². The molecule has 30 heavy (non-hydrogen) atoms. The van der Waals surface area contributed by atoms with Gasteiger partial charge in [0.15, 0.2) is 11.6 Å². The molecule has 0 atom stereocenters. The van der Waals surface area contributed by atoms with Crippen molar-refractivity contribution in [3.8, 4) is 5.75 Å². The third-order valence-electron chi connectivity index (χ3n) is 3.87. The van der Waals surface area contributed by atoms with Crippen LogP contribution in [0.25, 0.3) is 0 Å². The summed E-state index contributed by atoms with van der Waals surface area (Å²) >= 11 is 0. The van der Waals surface area contributed by atoms with Crippen molar-refractivity contribution < 1.29 is 26.0 Å². The Morgan fingerprint density at radius 3 is 2.13 bits per heavy atom. The van der Waals surface area contributed by atoms with Crippen LogP contribution < -0.4 is 14.2 Å². The molecular weight excluding hydrogens is 435 g/mol. The average molecular weight is 452 g/mol. The Bertz CT molecular complexity index is 1280. The number of ether oxygens (including phenoxy) is 1. The summed E-state index contributed by atoms with van der Waals surface area (Å²) in [5, 5.41) is 0. The number of sulfonamides is 2. The molecule has 3 aromatic rings. The van der Waals surface area contributed by atoms with Gasteiger partial charge in [-0.15, -0.1) is 0 Å². The van der Waals surface area contributed by atoms with Gasteiger partial charge in [-0.1, -0.05) is 0 Å². The average Bonchev–Trinajstić information content (AvgIpc) is 2.67. The molecule has 0 aliphatic heterocycles. The summed E-state index contributed by atoms with van der Waals surface area (Å²) in [6.45, 7) is 1.69. The van der Waals surface area contributed by atoms with E-state index in [9.17, 15) is 21.2 Å². The van der Waals surface area contributed by atoms with E-state index in [0.717, 1.165) is 6.07 Å². The highest BCUT2D eigenvalue weighted by Gasteiger charge is 2.19. The van der Waals surface area contributed by atoms with Crippen LogP contribution in [0.15, 0.2) is 64.5 Å². The van der Waals surface area contributed by atoms with Crippen molar-refractivity contribution in [3.05, 3.63) is 66.2 Å². The maximum absolute atomic E-state index is 13.8. The van der Waals surface area contributed by atoms with E-state index >= 15 is 0 Å². The van der Waals surface area contributed by atoms with E-state index in [1.54, 1.807) is 13.0 Å². The van der Waals surface area contributed by atoms with Crippen LogP contribution in [0, 0.1) is 12.7 Å². The third kappa shape index (κ3) is 4.83. The number of nitrogens with one attached hydrogen (secondary N) is 2. The van der Waals surface area contributed by atoms with E-state index in [0.29, 0.717) is 5.69 Å². The SMILES string of the molecule is COc1ccc(S(=O)(=O)Nc2ccc(S(=O)(=O)Nc3nccc(C)n3)cc2)cc1F. The molecule has 0 aliphatic carbocycles. The molecule has 2 N–H and O–H groups in total. The molecule has 1 aromatic heterocycles. The van der Waals surface area contributed by atoms with Crippen LogP contribution in [0.3, 0.4) is 0 Å². The molecular formula is C18H17FN4O5S2. The van der Waals surface area contributed by atoms with Gasteiger partial charge in [0.2, 0.25) is 5.95 Å². The lowest BCUT2D eigenvalue weighted by Gasteiger charge is -2.11. The molecule has 0 saturated heterocycles. The number of anilines is 2. The van der Waals surface area contributed by atoms with Crippen LogP contribution in [-0.4, -0.2) is 33.9 Å². The van der Waals surface area contributed by atoms with E-state index < -0.39 is 25.9 Å². The predicted octanol–water partition coefficient (Wildman–Crippen LogP) is 2.53. The van der Waals surface area contributed by atoms with Crippen LogP contribution >= 0.6 is 0 Å². The quantitative estimate of drug-likeness (QED) is 0.564. The molecule has 0 amide bonds. The zero-order valence-electron chi connectivity index (χ0n) is 15.8. The fourth-order valence-electron chi connectivity index (χ4n) is 2.41. The van der Waals surface area contributed by atoms with Gasteiger partial charge in [0.25, 0.3) is 20.0 Å². The van der Waals surface area contributed by atoms with Crippen molar-refractivity contribution in [2.24, 2.45) is 0 Å². The Balaban J connectivity index is 1.79. The van der Waals surface area contributed by atoms with Crippen molar-refractivity contribution in [2.45, 2.75) is 16.7 Å². The van der Waals surface area contributed by atoms with Crippen molar-refractivity contribution >= 4 is 31.7 Å². The van der Waals surface area contributed by atoms with E-state index in [-0.39, 0.29) is 27.2 Å². The van der Waals surface area contributed by atoms with Crippen molar-refractivity contribution in [1.29, 1.82) is 0 Å². The minimum Gasteiger partial charge on any atom is -0.494 e. The van der Waals surface area contributed by atoms with Gasteiger partial charge in [-0.05, 0) is 55.5 Å². The van der Waals surface area contributed by atoms with E-state index in [4.69, 9.17) is 4.74 Å². The molecule has 0 spiro atoms. The Morgan fingerprint density at radius 1 is 0.900 bits per heavy atom. The minimum atomic E-state index is -4.09. The lowest BCUT2D eigenvalue weighted by atomic mass is 10.3. The summed E-state index contributed by atoms with van der Waals surface area (Å²) in [7, 11) is -6.80. The molecule has 12 heteroatoms. The van der Waals surface area contributed by atoms with Gasteiger partial charge in [0.1, 0.15) is 0 Å². The van der Waals surface area contributed by atoms with Gasteiger partial charge in [-0.2, -0.15) is 0 Å². The van der Waals surface area contributed by atoms with Crippen molar-refractivity contribution in [1.82, 2.24) is 9.97 Å². The first-order valence-electron chi connectivity index (χ1n) is 8.39. The lowest BCUT2D eigenvalue weighted by Crippen LogP contribution is -2.16. The van der Waals surface area contributed by atoms with Gasteiger partial charge in [0, 0.05) is 17.6 Å². The molecule has 1 heterocycles. The Kier molecular flexibility index (Phi) is 5.89. The van der Waals surface area contributed by atoms with Crippen molar-refractivity contribution in [3.63, 3.8) is 0 Å². The molecule has 0 bridgehead atoms. The monoisotopic (exact) mass is 452 g/mol. The summed E-state index contributed by atoms with van der Waals surface area (Å²) in [4.78, 5) is 7.38. The summed E-state index contributed by atoms with van der Waals surface area (Å²) in [5.74, 6) is -0.999. The molecule has 158 valence electrons. The molecule has 0 fully saturated rings. The van der Waals surface area contributed by atoms with E-state index in [2.05, 4.69) is 19.4 Å². The normalized spacial score (nSPS) is 11.7. The maximum Gasteiger partial charge on any atom is 0.264 e. The second kappa shape index (κ2) is 8.24. The lowest BCUT2D eigenvalue weighted by molar-refractivity contribution is 0.385. The minimum absolute atomic E-state index is 0.0821. The number of halogens is 1. The molecule has 2 aromatic carbocycles. The summed E-state index contributed by atoms with van der Waals surface area (Å²) in [6.07, 6.45) is 1.42. The Morgan fingerprint density at radius 2 is 1.53 bits per heavy atom. The summed E-state index contributed by atoms with van der Waals surface area (Å²) in [6, 6.07) is 9.79. The second-order valence-corrected chi connectivity index (χ2v) is 9.42. The van der Waals surface area contributed by atoms with Crippen LogP contribution in [0.5, 0.6) is 5.75 Å². The van der Waals surface area contributed by atoms with E-state index in [1.165, 1.54) is 49.7 Å². The zero-order valence-corrected chi connectivity index (χ0v) is 17.5. The number of benzene rings is 2. The first-order valence-corrected chi connectivity index (χ1v) is 11.4. The molecule has 0 aliphatic rings. The first-order chi connectivity index (χ1) is 14.1. The molecule has 0 saturated carbocycles. The second-order valence-electron chi connectivity index (χ2n) is 6.05. The standard InChI is InChI=1S/C18H17FN4O5S2/c1-12-9-10-20-18(21-12)23-29(24,25)14-5-3-13(4-6-14)22-30(26,27)15-7-8-17(28-2)16(19)11-15/h3-11,22H,1-2H3,(H,20,21,23). The number of aryl methyl sites for hydroxylation is 1. The van der Waals surface area contributed by atoms with Gasteiger partial charge >= 0.3 is 0 Å². The first kappa shape index (κ1) is 21.5. The van der Waals surface area contributed by atoms with Crippen LogP contribution in [0.4, 0.5) is 16.0 Å². The third-order valence-corrected chi connectivity index (χ3v) is 6.59. The largest absolute Gasteiger partial charge is 0.494 e. The maximum atomic E-state index is 13.8. The van der Waals surface area contributed by atoms with E-state index in [1.807, 2.05) is 0 Å². The Hall–Kier alpha value is -3.25. The summed E-state index contributed by atoms with van der Waals surface area (Å²) in [5.41, 5.74) is 0.680. The van der Waals surface area contributed by atoms with Crippen molar-refractivity contribution in [2.75, 3.05) is 16.6 Å². The van der Waals surface area contributed by atoms with Gasteiger partial charge in [0.05, 0.1) is 16.9 Å². The fraction of sp³-hybridized carbons (Fsp3) is 0.111. The molecule has 0 radical (unpaired) electrons. The number of rotatable bonds is 7. The Labute approximate surface area is 173 Å². The summed E-state index contributed by atoms with van der Waals surface area (Å²) < 4.78 is 72.8. The number of aromatic nitrogens is 2. The molecule has 3 rings (SSSR count). The van der Waals surface area contributed by atoms with Crippen LogP contribution in [0.1, 0.15) is 5.69 Å². The smallest absolute Gasteiger partial charge is 0.264 e. The van der Waals surface area contributed by atoms with Crippen LogP contribution in [0.2, 0.25) is 0 Å². The number of hydrogen-bond acceptors (Lipinski definition) is 7. The number of nitrogens with zero attached hydrogens (tertiary/aromatic N) is 2. The number of hydrogen-bond donors (Lipinski definition) is 2. The predicted molar refractivity (Wildman–Crippen MR) is 108 cm³/mol. The molecule has 0 unspecified atom stereocenters. The highest BCUT2D eigenvalue weighted by molar-refractivity contribution is 7.93. The molecule has 9 nitrogen and oxygen atoms in total. The number of methoxy groups -OCH3 is 1. The fourth-order valence-corrected chi connectivity index (χ4v) is 4.43. The highest BCUT2D eigenvalue weighted by atomic mass is 32.2. The van der Waals surface area contributed by atoms with Gasteiger partial charge < -0.3 is 4.74 Å². The van der Waals surface area contributed by atoms with Gasteiger partial charge in [-0.3, -0.25) is 4.72 Å². The van der Waals surface area contributed by atoms with Gasteiger partial charge in [-0.25, -0.2) is 35.9 Å². The van der Waals surface area contributed by atoms with Crippen LogP contribution in [-0.2, 0) is 20.0 Å².